The lowest BCUT2D eigenvalue weighted by Crippen LogP contribution is -2.35. The molecule has 220 valence electrons. The number of phenolic OH excluding ortho intramolecular Hbond substituents is 1. The number of ether oxygens (including phenoxy) is 4. The highest BCUT2D eigenvalue weighted by molar-refractivity contribution is 9.10. The molecule has 1 aliphatic rings. The van der Waals surface area contributed by atoms with Crippen LogP contribution in [-0.4, -0.2) is 30.5 Å². The molecular formula is C35H36BrClO5. The second-order valence-electron chi connectivity index (χ2n) is 10.5. The minimum absolute atomic E-state index is 0.0716. The van der Waals surface area contributed by atoms with E-state index in [0.29, 0.717) is 60.7 Å². The Hall–Kier alpha value is -2.87. The Morgan fingerprint density at radius 2 is 1.55 bits per heavy atom. The molecule has 1 saturated heterocycles. The standard InChI is InChI=1S/C35H36BrClO5/c1-2-40-28-15-13-24(14-16-28)17-27-18-31(35(38)33(36)34(27)37)32-20-29(41-22-26-11-7-4-8-12-26)19-30(42-32)23-39-21-25-9-5-3-6-10-25/h3-16,18,29-30,32,38H,2,17,19-23H2,1H3. The quantitative estimate of drug-likeness (QED) is 0.166. The number of aromatic hydroxyl groups is 1. The summed E-state index contributed by atoms with van der Waals surface area (Å²) in [6.07, 6.45) is 1.24. The first kappa shape index (κ1) is 30.6. The van der Waals surface area contributed by atoms with E-state index in [-0.39, 0.29) is 18.0 Å². The molecule has 1 heterocycles. The van der Waals surface area contributed by atoms with Crippen molar-refractivity contribution in [3.63, 3.8) is 0 Å². The zero-order valence-electron chi connectivity index (χ0n) is 23.7. The SMILES string of the molecule is CCOc1ccc(Cc2cc(C3CC(OCc4ccccc4)CC(COCc4ccccc4)O3)c(O)c(Br)c2Cl)cc1. The van der Waals surface area contributed by atoms with E-state index in [1.165, 1.54) is 0 Å². The van der Waals surface area contributed by atoms with Crippen LogP contribution in [0.4, 0.5) is 0 Å². The van der Waals surface area contributed by atoms with Gasteiger partial charge in [-0.3, -0.25) is 0 Å². The number of rotatable bonds is 12. The Kier molecular flexibility index (Phi) is 10.9. The molecule has 5 rings (SSSR count). The summed E-state index contributed by atoms with van der Waals surface area (Å²) in [7, 11) is 0. The highest BCUT2D eigenvalue weighted by Gasteiger charge is 2.34. The molecule has 3 unspecified atom stereocenters. The Bertz CT molecular complexity index is 1420. The third-order valence-electron chi connectivity index (χ3n) is 7.36. The molecule has 3 atom stereocenters. The number of halogens is 2. The van der Waals surface area contributed by atoms with Gasteiger partial charge in [-0.15, -0.1) is 0 Å². The van der Waals surface area contributed by atoms with E-state index in [4.69, 9.17) is 30.5 Å². The molecule has 7 heteroatoms. The second-order valence-corrected chi connectivity index (χ2v) is 11.7. The molecular weight excluding hydrogens is 616 g/mol. The summed E-state index contributed by atoms with van der Waals surface area (Å²) < 4.78 is 25.1. The van der Waals surface area contributed by atoms with Crippen LogP contribution in [0.15, 0.2) is 95.5 Å². The summed E-state index contributed by atoms with van der Waals surface area (Å²) in [5.41, 5.74) is 4.90. The molecule has 1 N–H and O–H groups in total. The fraction of sp³-hybridized carbons (Fsp3) is 0.314. The van der Waals surface area contributed by atoms with Gasteiger partial charge in [0, 0.05) is 18.4 Å². The molecule has 0 bridgehead atoms. The molecule has 4 aromatic rings. The van der Waals surface area contributed by atoms with Gasteiger partial charge in [-0.2, -0.15) is 0 Å². The molecule has 0 saturated carbocycles. The smallest absolute Gasteiger partial charge is 0.137 e. The number of hydrogen-bond acceptors (Lipinski definition) is 5. The van der Waals surface area contributed by atoms with E-state index >= 15 is 0 Å². The van der Waals surface area contributed by atoms with E-state index in [9.17, 15) is 5.11 Å². The monoisotopic (exact) mass is 650 g/mol. The van der Waals surface area contributed by atoms with Crippen LogP contribution in [0.1, 0.15) is 53.7 Å². The molecule has 0 aromatic heterocycles. The van der Waals surface area contributed by atoms with Gasteiger partial charge in [0.2, 0.25) is 0 Å². The predicted molar refractivity (Wildman–Crippen MR) is 169 cm³/mol. The summed E-state index contributed by atoms with van der Waals surface area (Å²) in [5, 5.41) is 11.7. The van der Waals surface area contributed by atoms with Crippen LogP contribution in [0, 0.1) is 0 Å². The van der Waals surface area contributed by atoms with Gasteiger partial charge < -0.3 is 24.1 Å². The average molecular weight is 652 g/mol. The summed E-state index contributed by atoms with van der Waals surface area (Å²) >= 11 is 10.3. The van der Waals surface area contributed by atoms with Crippen LogP contribution < -0.4 is 4.74 Å². The van der Waals surface area contributed by atoms with E-state index < -0.39 is 6.10 Å². The summed E-state index contributed by atoms with van der Waals surface area (Å²) in [6, 6.07) is 30.2. The van der Waals surface area contributed by atoms with E-state index in [2.05, 4.69) is 28.1 Å². The molecule has 4 aromatic carbocycles. The van der Waals surface area contributed by atoms with Crippen molar-refractivity contribution >= 4 is 27.5 Å². The van der Waals surface area contributed by atoms with Crippen LogP contribution in [-0.2, 0) is 33.8 Å². The average Bonchev–Trinajstić information content (AvgIpc) is 3.02. The fourth-order valence-electron chi connectivity index (χ4n) is 5.24. The lowest BCUT2D eigenvalue weighted by atomic mass is 9.93. The van der Waals surface area contributed by atoms with Crippen molar-refractivity contribution in [3.05, 3.63) is 128 Å². The maximum atomic E-state index is 11.2. The third-order valence-corrected chi connectivity index (χ3v) is 8.80. The van der Waals surface area contributed by atoms with Gasteiger partial charge in [-0.25, -0.2) is 0 Å². The highest BCUT2D eigenvalue weighted by atomic mass is 79.9. The Morgan fingerprint density at radius 3 is 2.21 bits per heavy atom. The van der Waals surface area contributed by atoms with E-state index in [0.717, 1.165) is 28.0 Å². The molecule has 0 amide bonds. The maximum absolute atomic E-state index is 11.2. The van der Waals surface area contributed by atoms with Crippen LogP contribution >= 0.6 is 27.5 Å². The lowest BCUT2D eigenvalue weighted by Gasteiger charge is -2.36. The van der Waals surface area contributed by atoms with Crippen LogP contribution in [0.3, 0.4) is 0 Å². The van der Waals surface area contributed by atoms with Gasteiger partial charge in [-0.05, 0) is 69.7 Å². The third kappa shape index (κ3) is 8.15. The van der Waals surface area contributed by atoms with Crippen LogP contribution in [0.25, 0.3) is 0 Å². The number of benzene rings is 4. The van der Waals surface area contributed by atoms with Gasteiger partial charge in [-0.1, -0.05) is 84.4 Å². The van der Waals surface area contributed by atoms with Crippen LogP contribution in [0.5, 0.6) is 11.5 Å². The summed E-state index contributed by atoms with van der Waals surface area (Å²) in [5.74, 6) is 0.922. The second kappa shape index (κ2) is 15.0. The molecule has 1 fully saturated rings. The zero-order chi connectivity index (χ0) is 29.3. The first-order valence-electron chi connectivity index (χ1n) is 14.3. The molecule has 5 nitrogen and oxygen atoms in total. The Balaban J connectivity index is 1.35. The van der Waals surface area contributed by atoms with Crippen molar-refractivity contribution in [1.82, 2.24) is 0 Å². The van der Waals surface area contributed by atoms with Gasteiger partial charge in [0.1, 0.15) is 11.5 Å². The fourth-order valence-corrected chi connectivity index (χ4v) is 5.94. The van der Waals surface area contributed by atoms with Crippen molar-refractivity contribution in [2.75, 3.05) is 13.2 Å². The van der Waals surface area contributed by atoms with Crippen molar-refractivity contribution in [2.24, 2.45) is 0 Å². The number of hydrogen-bond donors (Lipinski definition) is 1. The molecule has 0 spiro atoms. The van der Waals surface area contributed by atoms with Crippen molar-refractivity contribution in [1.29, 1.82) is 0 Å². The van der Waals surface area contributed by atoms with Crippen LogP contribution in [0.2, 0.25) is 5.02 Å². The van der Waals surface area contributed by atoms with Crippen molar-refractivity contribution < 1.29 is 24.1 Å². The Morgan fingerprint density at radius 1 is 0.881 bits per heavy atom. The lowest BCUT2D eigenvalue weighted by molar-refractivity contribution is -0.142. The minimum Gasteiger partial charge on any atom is -0.506 e. The molecule has 1 aliphatic heterocycles. The maximum Gasteiger partial charge on any atom is 0.137 e. The normalized spacial score (nSPS) is 18.6. The van der Waals surface area contributed by atoms with Gasteiger partial charge in [0.15, 0.2) is 0 Å². The summed E-state index contributed by atoms with van der Waals surface area (Å²) in [6.45, 7) is 4.02. The first-order chi connectivity index (χ1) is 20.5. The van der Waals surface area contributed by atoms with E-state index in [1.807, 2.05) is 85.8 Å². The first-order valence-corrected chi connectivity index (χ1v) is 15.5. The van der Waals surface area contributed by atoms with Gasteiger partial charge in [0.05, 0.1) is 54.2 Å². The molecule has 0 aliphatic carbocycles. The largest absolute Gasteiger partial charge is 0.506 e. The Labute approximate surface area is 261 Å². The highest BCUT2D eigenvalue weighted by Crippen LogP contribution is 2.45. The molecule has 0 radical (unpaired) electrons. The predicted octanol–water partition coefficient (Wildman–Crippen LogP) is 8.82. The van der Waals surface area contributed by atoms with Gasteiger partial charge in [0.25, 0.3) is 0 Å². The zero-order valence-corrected chi connectivity index (χ0v) is 26.0. The topological polar surface area (TPSA) is 57.2 Å². The van der Waals surface area contributed by atoms with Crippen molar-refractivity contribution in [2.45, 2.75) is 57.7 Å². The number of phenols is 1. The van der Waals surface area contributed by atoms with Gasteiger partial charge >= 0.3 is 0 Å². The minimum atomic E-state index is -0.391. The molecule has 42 heavy (non-hydrogen) atoms. The van der Waals surface area contributed by atoms with Crippen molar-refractivity contribution in [3.8, 4) is 11.5 Å². The van der Waals surface area contributed by atoms with E-state index in [1.54, 1.807) is 0 Å². The summed E-state index contributed by atoms with van der Waals surface area (Å²) in [4.78, 5) is 0.